The van der Waals surface area contributed by atoms with E-state index in [0.29, 0.717) is 10.1 Å². The zero-order valence-electron chi connectivity index (χ0n) is 8.69. The Morgan fingerprint density at radius 2 is 2.31 bits per heavy atom. The van der Waals surface area contributed by atoms with Gasteiger partial charge in [-0.25, -0.2) is 4.79 Å². The van der Waals surface area contributed by atoms with Crippen molar-refractivity contribution < 1.29 is 9.59 Å². The Kier molecular flexibility index (Phi) is 3.00. The van der Waals surface area contributed by atoms with Crippen LogP contribution in [0.15, 0.2) is 0 Å². The molecule has 2 heterocycles. The average molecular weight is 241 g/mol. The third-order valence-corrected chi connectivity index (χ3v) is 2.89. The molecule has 2 N–H and O–H groups in total. The Labute approximate surface area is 95.8 Å². The van der Waals surface area contributed by atoms with Crippen LogP contribution >= 0.6 is 11.3 Å². The third kappa shape index (κ3) is 2.11. The lowest BCUT2D eigenvalue weighted by Crippen LogP contribution is -2.30. The van der Waals surface area contributed by atoms with Crippen LogP contribution in [-0.4, -0.2) is 40.1 Å². The molecular formula is C8H11N5O2S. The molecule has 0 aliphatic carbocycles. The number of carbonyl (C=O) groups is 2. The quantitative estimate of drug-likeness (QED) is 0.726. The van der Waals surface area contributed by atoms with Gasteiger partial charge in [-0.05, 0) is 6.92 Å². The van der Waals surface area contributed by atoms with Crippen molar-refractivity contribution in [2.24, 2.45) is 0 Å². The number of nitrogens with one attached hydrogen (secondary N) is 2. The molecule has 1 aromatic heterocycles. The maximum atomic E-state index is 11.3. The van der Waals surface area contributed by atoms with Crippen LogP contribution in [-0.2, 0) is 11.3 Å². The molecule has 3 amide bonds. The number of hydrogen-bond donors (Lipinski definition) is 2. The molecule has 16 heavy (non-hydrogen) atoms. The lowest BCUT2D eigenvalue weighted by atomic mass is 10.5. The van der Waals surface area contributed by atoms with Crippen LogP contribution in [0.4, 0.5) is 9.93 Å². The number of amides is 3. The first-order valence-corrected chi connectivity index (χ1v) is 5.66. The standard InChI is InChI=1S/C8H11N5O2S/c1-2-9-7-12-11-5(16-7)4-13-6(14)3-10-8(13)15/h2-4H2,1H3,(H,9,12)(H,10,15). The van der Waals surface area contributed by atoms with Crippen LogP contribution < -0.4 is 10.6 Å². The summed E-state index contributed by atoms with van der Waals surface area (Å²) in [7, 11) is 0. The number of hydrogen-bond acceptors (Lipinski definition) is 6. The molecule has 7 nitrogen and oxygen atoms in total. The molecule has 0 atom stereocenters. The first-order chi connectivity index (χ1) is 7.70. The highest BCUT2D eigenvalue weighted by Gasteiger charge is 2.29. The lowest BCUT2D eigenvalue weighted by molar-refractivity contribution is -0.125. The maximum Gasteiger partial charge on any atom is 0.324 e. The van der Waals surface area contributed by atoms with Crippen LogP contribution in [0.2, 0.25) is 0 Å². The SMILES string of the molecule is CCNc1nnc(CN2C(=O)CNC2=O)s1. The molecular weight excluding hydrogens is 230 g/mol. The van der Waals surface area contributed by atoms with Gasteiger partial charge >= 0.3 is 6.03 Å². The molecule has 0 unspecified atom stereocenters. The minimum absolute atomic E-state index is 0.0672. The summed E-state index contributed by atoms with van der Waals surface area (Å²) in [5.41, 5.74) is 0. The predicted molar refractivity (Wildman–Crippen MR) is 58.0 cm³/mol. The molecule has 86 valence electrons. The number of rotatable bonds is 4. The van der Waals surface area contributed by atoms with E-state index in [0.717, 1.165) is 11.4 Å². The number of carbonyl (C=O) groups excluding carboxylic acids is 2. The van der Waals surface area contributed by atoms with Gasteiger partial charge in [0.1, 0.15) is 5.01 Å². The van der Waals surface area contributed by atoms with Gasteiger partial charge < -0.3 is 10.6 Å². The topological polar surface area (TPSA) is 87.2 Å². The largest absolute Gasteiger partial charge is 0.360 e. The van der Waals surface area contributed by atoms with Gasteiger partial charge in [-0.3, -0.25) is 9.69 Å². The van der Waals surface area contributed by atoms with Gasteiger partial charge in [0, 0.05) is 6.54 Å². The van der Waals surface area contributed by atoms with E-state index >= 15 is 0 Å². The molecule has 1 aliphatic heterocycles. The van der Waals surface area contributed by atoms with E-state index in [4.69, 9.17) is 0 Å². The van der Waals surface area contributed by atoms with Crippen molar-refractivity contribution in [1.82, 2.24) is 20.4 Å². The van der Waals surface area contributed by atoms with Crippen molar-refractivity contribution in [3.8, 4) is 0 Å². The molecule has 1 fully saturated rings. The van der Waals surface area contributed by atoms with Gasteiger partial charge in [0.25, 0.3) is 0 Å². The Morgan fingerprint density at radius 1 is 1.50 bits per heavy atom. The first kappa shape index (κ1) is 10.8. The maximum absolute atomic E-state index is 11.3. The van der Waals surface area contributed by atoms with Crippen molar-refractivity contribution in [3.63, 3.8) is 0 Å². The molecule has 1 aromatic rings. The first-order valence-electron chi connectivity index (χ1n) is 4.85. The minimum Gasteiger partial charge on any atom is -0.360 e. The normalized spacial score (nSPS) is 15.4. The van der Waals surface area contributed by atoms with E-state index in [-0.39, 0.29) is 25.0 Å². The fourth-order valence-corrected chi connectivity index (χ4v) is 2.09. The number of anilines is 1. The predicted octanol–water partition coefficient (Wildman–Crippen LogP) is 0.0217. The van der Waals surface area contributed by atoms with Crippen molar-refractivity contribution in [2.45, 2.75) is 13.5 Å². The summed E-state index contributed by atoms with van der Waals surface area (Å²) >= 11 is 1.34. The van der Waals surface area contributed by atoms with Crippen LogP contribution in [0.1, 0.15) is 11.9 Å². The average Bonchev–Trinajstić information content (AvgIpc) is 2.81. The summed E-state index contributed by atoms with van der Waals surface area (Å²) < 4.78 is 0. The summed E-state index contributed by atoms with van der Waals surface area (Å²) in [6.07, 6.45) is 0. The zero-order valence-corrected chi connectivity index (χ0v) is 9.50. The van der Waals surface area contributed by atoms with E-state index in [1.54, 1.807) is 0 Å². The second kappa shape index (κ2) is 4.44. The highest BCUT2D eigenvalue weighted by molar-refractivity contribution is 7.15. The number of aromatic nitrogens is 2. The highest BCUT2D eigenvalue weighted by Crippen LogP contribution is 2.17. The molecule has 0 saturated carbocycles. The van der Waals surface area contributed by atoms with Crippen LogP contribution in [0.5, 0.6) is 0 Å². The smallest absolute Gasteiger partial charge is 0.324 e. The monoisotopic (exact) mass is 241 g/mol. The Morgan fingerprint density at radius 3 is 2.94 bits per heavy atom. The van der Waals surface area contributed by atoms with Crippen molar-refractivity contribution in [3.05, 3.63) is 5.01 Å². The highest BCUT2D eigenvalue weighted by atomic mass is 32.1. The summed E-state index contributed by atoms with van der Waals surface area (Å²) in [6, 6.07) is -0.370. The van der Waals surface area contributed by atoms with Gasteiger partial charge in [-0.15, -0.1) is 10.2 Å². The molecule has 0 radical (unpaired) electrons. The summed E-state index contributed by atoms with van der Waals surface area (Å²) in [5, 5.41) is 14.6. The lowest BCUT2D eigenvalue weighted by Gasteiger charge is -2.08. The number of imide groups is 1. The van der Waals surface area contributed by atoms with E-state index in [9.17, 15) is 9.59 Å². The van der Waals surface area contributed by atoms with Gasteiger partial charge in [-0.1, -0.05) is 11.3 Å². The van der Waals surface area contributed by atoms with Crippen molar-refractivity contribution in [1.29, 1.82) is 0 Å². The Hall–Kier alpha value is -1.70. The number of nitrogens with zero attached hydrogens (tertiary/aromatic N) is 3. The van der Waals surface area contributed by atoms with E-state index in [2.05, 4.69) is 20.8 Å². The zero-order chi connectivity index (χ0) is 11.5. The molecule has 0 spiro atoms. The van der Waals surface area contributed by atoms with Crippen LogP contribution in [0, 0.1) is 0 Å². The van der Waals surface area contributed by atoms with Crippen LogP contribution in [0.25, 0.3) is 0 Å². The second-order valence-corrected chi connectivity index (χ2v) is 4.23. The summed E-state index contributed by atoms with van der Waals surface area (Å²) in [4.78, 5) is 23.7. The summed E-state index contributed by atoms with van der Waals surface area (Å²) in [5.74, 6) is -0.231. The van der Waals surface area contributed by atoms with Gasteiger partial charge in [0.05, 0.1) is 13.1 Å². The molecule has 1 aliphatic rings. The number of urea groups is 1. The van der Waals surface area contributed by atoms with Gasteiger partial charge in [0.15, 0.2) is 0 Å². The molecule has 0 aromatic carbocycles. The fraction of sp³-hybridized carbons (Fsp3) is 0.500. The van der Waals surface area contributed by atoms with Crippen molar-refractivity contribution in [2.75, 3.05) is 18.4 Å². The Bertz CT molecular complexity index is 402. The summed E-state index contributed by atoms with van der Waals surface area (Å²) in [6.45, 7) is 2.97. The van der Waals surface area contributed by atoms with E-state index < -0.39 is 0 Å². The second-order valence-electron chi connectivity index (χ2n) is 3.17. The molecule has 0 bridgehead atoms. The van der Waals surface area contributed by atoms with E-state index in [1.807, 2.05) is 6.92 Å². The third-order valence-electron chi connectivity index (χ3n) is 2.03. The minimum atomic E-state index is -0.370. The van der Waals surface area contributed by atoms with Gasteiger partial charge in [0.2, 0.25) is 11.0 Å². The van der Waals surface area contributed by atoms with E-state index in [1.165, 1.54) is 11.3 Å². The van der Waals surface area contributed by atoms with Crippen molar-refractivity contribution >= 4 is 28.4 Å². The molecule has 2 rings (SSSR count). The van der Waals surface area contributed by atoms with Crippen LogP contribution in [0.3, 0.4) is 0 Å². The fourth-order valence-electron chi connectivity index (χ4n) is 1.29. The molecule has 1 saturated heterocycles. The van der Waals surface area contributed by atoms with Gasteiger partial charge in [-0.2, -0.15) is 0 Å². The molecule has 8 heteroatoms. The Balaban J connectivity index is 2.02.